The molecule has 0 aromatic heterocycles. The number of para-hydroxylation sites is 1. The zero-order valence-corrected chi connectivity index (χ0v) is 10.6. The van der Waals surface area contributed by atoms with Crippen LogP contribution >= 0.6 is 0 Å². The summed E-state index contributed by atoms with van der Waals surface area (Å²) >= 11 is 0. The van der Waals surface area contributed by atoms with Crippen molar-refractivity contribution in [1.82, 2.24) is 5.32 Å². The summed E-state index contributed by atoms with van der Waals surface area (Å²) in [6, 6.07) is 5.32. The highest BCUT2D eigenvalue weighted by Crippen LogP contribution is 2.12. The highest BCUT2D eigenvalue weighted by Gasteiger charge is 2.18. The summed E-state index contributed by atoms with van der Waals surface area (Å²) in [6.45, 7) is 1.75. The summed E-state index contributed by atoms with van der Waals surface area (Å²) in [6.07, 6.45) is 0.967. The van der Waals surface area contributed by atoms with Crippen molar-refractivity contribution in [2.45, 2.75) is 25.8 Å². The minimum Gasteiger partial charge on any atom is -0.396 e. The fourth-order valence-electron chi connectivity index (χ4n) is 1.53. The molecule has 0 saturated heterocycles. The van der Waals surface area contributed by atoms with Gasteiger partial charge in [-0.15, -0.1) is 0 Å². The third kappa shape index (κ3) is 4.67. The number of nitrogens with one attached hydrogen (secondary N) is 2. The molecule has 5 nitrogen and oxygen atoms in total. The van der Waals surface area contributed by atoms with Crippen LogP contribution in [0.1, 0.15) is 19.8 Å². The molecule has 0 aliphatic rings. The van der Waals surface area contributed by atoms with Crippen LogP contribution in [0.15, 0.2) is 24.3 Å². The number of aliphatic hydroxyl groups excluding tert-OH is 1. The standard InChI is InChI=1S/C13H17FN2O3/c1-2-9(7-8-17)15-12(18)13(19)16-11-6-4-3-5-10(11)14/h3-6,9,17H,2,7-8H2,1H3,(H,15,18)(H,16,19). The van der Waals surface area contributed by atoms with Gasteiger partial charge in [-0.05, 0) is 25.0 Å². The molecule has 1 aromatic rings. The lowest BCUT2D eigenvalue weighted by Gasteiger charge is -2.15. The van der Waals surface area contributed by atoms with Crippen LogP contribution in [0, 0.1) is 5.82 Å². The fourth-order valence-corrected chi connectivity index (χ4v) is 1.53. The second-order valence-corrected chi connectivity index (χ2v) is 4.02. The molecular weight excluding hydrogens is 251 g/mol. The smallest absolute Gasteiger partial charge is 0.313 e. The summed E-state index contributed by atoms with van der Waals surface area (Å²) in [7, 11) is 0. The van der Waals surface area contributed by atoms with E-state index >= 15 is 0 Å². The predicted molar refractivity (Wildman–Crippen MR) is 69.0 cm³/mol. The van der Waals surface area contributed by atoms with E-state index in [1.54, 1.807) is 6.07 Å². The number of benzene rings is 1. The maximum Gasteiger partial charge on any atom is 0.313 e. The third-order valence-corrected chi connectivity index (χ3v) is 2.63. The van der Waals surface area contributed by atoms with Gasteiger partial charge in [0.25, 0.3) is 0 Å². The van der Waals surface area contributed by atoms with E-state index in [0.29, 0.717) is 12.8 Å². The van der Waals surface area contributed by atoms with Crippen molar-refractivity contribution in [3.8, 4) is 0 Å². The number of halogens is 1. The van der Waals surface area contributed by atoms with Gasteiger partial charge in [0.2, 0.25) is 0 Å². The Bertz CT molecular complexity index is 451. The number of aliphatic hydroxyl groups is 1. The molecule has 0 aliphatic heterocycles. The number of hydrogen-bond donors (Lipinski definition) is 3. The predicted octanol–water partition coefficient (Wildman–Crippen LogP) is 1.04. The first-order chi connectivity index (χ1) is 9.08. The van der Waals surface area contributed by atoms with E-state index in [0.717, 1.165) is 0 Å². The van der Waals surface area contributed by atoms with Gasteiger partial charge in [0, 0.05) is 12.6 Å². The number of carbonyl (C=O) groups is 2. The zero-order valence-electron chi connectivity index (χ0n) is 10.6. The van der Waals surface area contributed by atoms with Crippen LogP contribution in [0.25, 0.3) is 0 Å². The largest absolute Gasteiger partial charge is 0.396 e. The molecule has 0 aliphatic carbocycles. The van der Waals surface area contributed by atoms with Crippen molar-refractivity contribution in [3.63, 3.8) is 0 Å². The van der Waals surface area contributed by atoms with Crippen LogP contribution in [0.4, 0.5) is 10.1 Å². The Morgan fingerprint density at radius 3 is 2.58 bits per heavy atom. The lowest BCUT2D eigenvalue weighted by Crippen LogP contribution is -2.42. The summed E-state index contributed by atoms with van der Waals surface area (Å²) in [5.74, 6) is -2.38. The van der Waals surface area contributed by atoms with E-state index in [2.05, 4.69) is 10.6 Å². The Hall–Kier alpha value is -1.95. The van der Waals surface area contributed by atoms with E-state index in [4.69, 9.17) is 5.11 Å². The minimum absolute atomic E-state index is 0.0437. The molecule has 2 amide bonds. The molecule has 0 saturated carbocycles. The van der Waals surface area contributed by atoms with Crippen molar-refractivity contribution in [3.05, 3.63) is 30.1 Å². The summed E-state index contributed by atoms with van der Waals surface area (Å²) in [5, 5.41) is 13.5. The lowest BCUT2D eigenvalue weighted by molar-refractivity contribution is -0.136. The van der Waals surface area contributed by atoms with E-state index in [1.165, 1.54) is 18.2 Å². The number of rotatable bonds is 5. The van der Waals surface area contributed by atoms with Gasteiger partial charge in [0.15, 0.2) is 0 Å². The van der Waals surface area contributed by atoms with Gasteiger partial charge < -0.3 is 15.7 Å². The monoisotopic (exact) mass is 268 g/mol. The highest BCUT2D eigenvalue weighted by atomic mass is 19.1. The average molecular weight is 268 g/mol. The molecule has 0 spiro atoms. The van der Waals surface area contributed by atoms with Crippen LogP contribution in [0.5, 0.6) is 0 Å². The number of anilines is 1. The first-order valence-corrected chi connectivity index (χ1v) is 6.05. The van der Waals surface area contributed by atoms with E-state index in [1.807, 2.05) is 6.92 Å². The topological polar surface area (TPSA) is 78.4 Å². The van der Waals surface area contributed by atoms with Gasteiger partial charge in [-0.1, -0.05) is 19.1 Å². The molecule has 104 valence electrons. The first kappa shape index (κ1) is 15.1. The molecule has 0 bridgehead atoms. The van der Waals surface area contributed by atoms with Crippen molar-refractivity contribution < 1.29 is 19.1 Å². The Kier molecular flexibility index (Phi) is 5.95. The van der Waals surface area contributed by atoms with Gasteiger partial charge in [0.1, 0.15) is 5.82 Å². The third-order valence-electron chi connectivity index (χ3n) is 2.63. The quantitative estimate of drug-likeness (QED) is 0.698. The SMILES string of the molecule is CCC(CCO)NC(=O)C(=O)Nc1ccccc1F. The van der Waals surface area contributed by atoms with Crippen LogP contribution in [-0.2, 0) is 9.59 Å². The van der Waals surface area contributed by atoms with Gasteiger partial charge in [-0.25, -0.2) is 4.39 Å². The first-order valence-electron chi connectivity index (χ1n) is 6.05. The average Bonchev–Trinajstić information content (AvgIpc) is 2.40. The van der Waals surface area contributed by atoms with Crippen LogP contribution in [0.3, 0.4) is 0 Å². The molecular formula is C13H17FN2O3. The Morgan fingerprint density at radius 2 is 2.00 bits per heavy atom. The maximum absolute atomic E-state index is 13.3. The molecule has 0 radical (unpaired) electrons. The van der Waals surface area contributed by atoms with Crippen molar-refractivity contribution in [2.75, 3.05) is 11.9 Å². The van der Waals surface area contributed by atoms with E-state index in [-0.39, 0.29) is 18.3 Å². The zero-order chi connectivity index (χ0) is 14.3. The fraction of sp³-hybridized carbons (Fsp3) is 0.385. The summed E-state index contributed by atoms with van der Waals surface area (Å²) in [5.41, 5.74) is -0.0437. The number of carbonyl (C=O) groups excluding carboxylic acids is 2. The second kappa shape index (κ2) is 7.48. The Labute approximate surface area is 110 Å². The van der Waals surface area contributed by atoms with Crippen molar-refractivity contribution >= 4 is 17.5 Å². The van der Waals surface area contributed by atoms with E-state index < -0.39 is 17.6 Å². The Morgan fingerprint density at radius 1 is 1.32 bits per heavy atom. The molecule has 19 heavy (non-hydrogen) atoms. The van der Waals surface area contributed by atoms with Gasteiger partial charge >= 0.3 is 11.8 Å². The normalized spacial score (nSPS) is 11.7. The molecule has 3 N–H and O–H groups in total. The number of amides is 2. The van der Waals surface area contributed by atoms with Crippen molar-refractivity contribution in [1.29, 1.82) is 0 Å². The summed E-state index contributed by atoms with van der Waals surface area (Å²) in [4.78, 5) is 23.1. The molecule has 1 aromatic carbocycles. The van der Waals surface area contributed by atoms with Crippen LogP contribution in [-0.4, -0.2) is 29.6 Å². The molecule has 1 atom stereocenters. The molecule has 1 rings (SSSR count). The molecule has 0 fully saturated rings. The molecule has 6 heteroatoms. The van der Waals surface area contributed by atoms with E-state index in [9.17, 15) is 14.0 Å². The van der Waals surface area contributed by atoms with Crippen molar-refractivity contribution in [2.24, 2.45) is 0 Å². The summed E-state index contributed by atoms with van der Waals surface area (Å²) < 4.78 is 13.3. The molecule has 0 heterocycles. The highest BCUT2D eigenvalue weighted by molar-refractivity contribution is 6.39. The van der Waals surface area contributed by atoms with Gasteiger partial charge in [-0.2, -0.15) is 0 Å². The number of hydrogen-bond acceptors (Lipinski definition) is 3. The van der Waals surface area contributed by atoms with Crippen LogP contribution in [0.2, 0.25) is 0 Å². The molecule has 1 unspecified atom stereocenters. The van der Waals surface area contributed by atoms with Crippen LogP contribution < -0.4 is 10.6 Å². The lowest BCUT2D eigenvalue weighted by atomic mass is 10.1. The van der Waals surface area contributed by atoms with Gasteiger partial charge in [-0.3, -0.25) is 9.59 Å². The maximum atomic E-state index is 13.3. The minimum atomic E-state index is -0.929. The Balaban J connectivity index is 2.58. The van der Waals surface area contributed by atoms with Gasteiger partial charge in [0.05, 0.1) is 5.69 Å². The second-order valence-electron chi connectivity index (χ2n) is 4.02.